The molecule has 0 radical (unpaired) electrons. The minimum atomic E-state index is -0.494. The molecule has 0 bridgehead atoms. The van der Waals surface area contributed by atoms with E-state index < -0.39 is 5.91 Å². The molecule has 0 aliphatic carbocycles. The number of carbonyl (C=O) groups is 1. The van der Waals surface area contributed by atoms with Crippen molar-refractivity contribution in [2.45, 2.75) is 13.3 Å². The smallest absolute Gasteiger partial charge is 0.266 e. The molecular formula is C25H20BrFN2O2. The summed E-state index contributed by atoms with van der Waals surface area (Å²) in [5.41, 5.74) is 2.88. The van der Waals surface area contributed by atoms with Gasteiger partial charge >= 0.3 is 0 Å². The number of amides is 1. The fourth-order valence-electron chi connectivity index (χ4n) is 3.06. The maximum absolute atomic E-state index is 13.6. The summed E-state index contributed by atoms with van der Waals surface area (Å²) in [7, 11) is 0. The first kappa shape index (κ1) is 22.3. The van der Waals surface area contributed by atoms with E-state index >= 15 is 0 Å². The second-order valence-corrected chi connectivity index (χ2v) is 7.56. The Morgan fingerprint density at radius 1 is 1.16 bits per heavy atom. The van der Waals surface area contributed by atoms with Crippen LogP contribution in [-0.2, 0) is 11.2 Å². The standard InChI is InChI=1S/C25H20BrFN2O2/c1-2-31-24-15-18(11-19(16-28)25(30)29-21-9-4-3-5-10-21)14-23(26)22(24)13-17-7-6-8-20(27)12-17/h3-12,14-15H,2,13H2,1H3,(H,29,30)/b19-11+. The summed E-state index contributed by atoms with van der Waals surface area (Å²) in [6.07, 6.45) is 1.98. The molecule has 0 atom stereocenters. The first-order valence-electron chi connectivity index (χ1n) is 9.68. The molecule has 3 aromatic carbocycles. The number of anilines is 1. The van der Waals surface area contributed by atoms with E-state index in [1.807, 2.05) is 31.2 Å². The summed E-state index contributed by atoms with van der Waals surface area (Å²) in [4.78, 5) is 12.5. The molecule has 0 unspecified atom stereocenters. The molecule has 0 aliphatic heterocycles. The number of nitrogens with zero attached hydrogens (tertiary/aromatic N) is 1. The molecule has 0 heterocycles. The van der Waals surface area contributed by atoms with Gasteiger partial charge in [-0.25, -0.2) is 4.39 Å². The van der Waals surface area contributed by atoms with Gasteiger partial charge < -0.3 is 10.1 Å². The summed E-state index contributed by atoms with van der Waals surface area (Å²) < 4.78 is 20.1. The van der Waals surface area contributed by atoms with Gasteiger partial charge in [-0.2, -0.15) is 5.26 Å². The van der Waals surface area contributed by atoms with E-state index in [1.54, 1.807) is 36.4 Å². The van der Waals surface area contributed by atoms with E-state index in [2.05, 4.69) is 21.2 Å². The topological polar surface area (TPSA) is 62.1 Å². The van der Waals surface area contributed by atoms with Crippen molar-refractivity contribution in [2.24, 2.45) is 0 Å². The Morgan fingerprint density at radius 2 is 1.94 bits per heavy atom. The average Bonchev–Trinajstić information content (AvgIpc) is 2.75. The molecular weight excluding hydrogens is 459 g/mol. The van der Waals surface area contributed by atoms with Gasteiger partial charge in [-0.3, -0.25) is 4.79 Å². The van der Waals surface area contributed by atoms with Gasteiger partial charge in [-0.1, -0.05) is 46.3 Å². The molecule has 0 aromatic heterocycles. The van der Waals surface area contributed by atoms with E-state index in [0.29, 0.717) is 30.0 Å². The van der Waals surface area contributed by atoms with Crippen LogP contribution in [0.3, 0.4) is 0 Å². The fourth-order valence-corrected chi connectivity index (χ4v) is 3.66. The predicted molar refractivity (Wildman–Crippen MR) is 123 cm³/mol. The minimum absolute atomic E-state index is 0.0314. The first-order valence-corrected chi connectivity index (χ1v) is 10.5. The van der Waals surface area contributed by atoms with Crippen LogP contribution in [0.15, 0.2) is 76.8 Å². The maximum Gasteiger partial charge on any atom is 0.266 e. The lowest BCUT2D eigenvalue weighted by Gasteiger charge is -2.14. The number of carbonyl (C=O) groups excluding carboxylic acids is 1. The lowest BCUT2D eigenvalue weighted by Crippen LogP contribution is -2.13. The Hall–Kier alpha value is -3.43. The normalized spacial score (nSPS) is 11.0. The number of nitriles is 1. The van der Waals surface area contributed by atoms with Crippen molar-refractivity contribution < 1.29 is 13.9 Å². The van der Waals surface area contributed by atoms with Crippen molar-refractivity contribution in [2.75, 3.05) is 11.9 Å². The Bertz CT molecular complexity index is 1150. The molecule has 6 heteroatoms. The molecule has 0 spiro atoms. The van der Waals surface area contributed by atoms with Gasteiger partial charge in [0.25, 0.3) is 5.91 Å². The zero-order valence-corrected chi connectivity index (χ0v) is 18.4. The number of nitrogens with one attached hydrogen (secondary N) is 1. The second kappa shape index (κ2) is 10.6. The van der Waals surface area contributed by atoms with Crippen molar-refractivity contribution in [3.05, 3.63) is 99.3 Å². The van der Waals surface area contributed by atoms with Crippen LogP contribution >= 0.6 is 15.9 Å². The highest BCUT2D eigenvalue weighted by Crippen LogP contribution is 2.32. The highest BCUT2D eigenvalue weighted by atomic mass is 79.9. The molecule has 0 aliphatic rings. The Labute approximate surface area is 189 Å². The third kappa shape index (κ3) is 6.03. The van der Waals surface area contributed by atoms with Crippen LogP contribution < -0.4 is 10.1 Å². The van der Waals surface area contributed by atoms with E-state index in [-0.39, 0.29) is 11.4 Å². The second-order valence-electron chi connectivity index (χ2n) is 6.71. The van der Waals surface area contributed by atoms with Crippen molar-refractivity contribution in [1.82, 2.24) is 0 Å². The number of para-hydroxylation sites is 1. The average molecular weight is 479 g/mol. The third-order valence-corrected chi connectivity index (χ3v) is 5.16. The van der Waals surface area contributed by atoms with Crippen LogP contribution in [0.1, 0.15) is 23.6 Å². The van der Waals surface area contributed by atoms with Crippen LogP contribution in [-0.4, -0.2) is 12.5 Å². The number of hydrogen-bond acceptors (Lipinski definition) is 3. The molecule has 3 aromatic rings. The zero-order valence-electron chi connectivity index (χ0n) is 16.9. The van der Waals surface area contributed by atoms with Crippen LogP contribution in [0.2, 0.25) is 0 Å². The van der Waals surface area contributed by atoms with Gasteiger partial charge in [0.1, 0.15) is 23.2 Å². The zero-order chi connectivity index (χ0) is 22.2. The first-order chi connectivity index (χ1) is 15.0. The Morgan fingerprint density at radius 3 is 2.61 bits per heavy atom. The van der Waals surface area contributed by atoms with Gasteiger partial charge in [0.2, 0.25) is 0 Å². The molecule has 156 valence electrons. The molecule has 0 fully saturated rings. The molecule has 3 rings (SSSR count). The van der Waals surface area contributed by atoms with Crippen LogP contribution in [0.4, 0.5) is 10.1 Å². The van der Waals surface area contributed by atoms with Crippen LogP contribution in [0.25, 0.3) is 6.08 Å². The predicted octanol–water partition coefficient (Wildman–Crippen LogP) is 6.12. The van der Waals surface area contributed by atoms with Gasteiger partial charge in [-0.05, 0) is 60.5 Å². The number of hydrogen-bond donors (Lipinski definition) is 1. The van der Waals surface area contributed by atoms with E-state index in [4.69, 9.17) is 4.74 Å². The molecule has 0 saturated heterocycles. The lowest BCUT2D eigenvalue weighted by atomic mass is 10.0. The fraction of sp³-hybridized carbons (Fsp3) is 0.120. The largest absolute Gasteiger partial charge is 0.494 e. The molecule has 1 N–H and O–H groups in total. The van der Waals surface area contributed by atoms with Crippen molar-refractivity contribution in [3.8, 4) is 11.8 Å². The summed E-state index contributed by atoms with van der Waals surface area (Å²) in [5, 5.41) is 12.2. The van der Waals surface area contributed by atoms with Crippen molar-refractivity contribution in [3.63, 3.8) is 0 Å². The summed E-state index contributed by atoms with van der Waals surface area (Å²) in [6, 6.07) is 20.9. The number of ether oxygens (including phenoxy) is 1. The summed E-state index contributed by atoms with van der Waals surface area (Å²) in [6.45, 7) is 2.31. The van der Waals surface area contributed by atoms with Gasteiger partial charge in [0.15, 0.2) is 0 Å². The number of rotatable bonds is 7. The summed E-state index contributed by atoms with van der Waals surface area (Å²) in [5.74, 6) is -0.186. The summed E-state index contributed by atoms with van der Waals surface area (Å²) >= 11 is 3.56. The van der Waals surface area contributed by atoms with Crippen molar-refractivity contribution in [1.29, 1.82) is 5.26 Å². The van der Waals surface area contributed by atoms with Crippen LogP contribution in [0.5, 0.6) is 5.75 Å². The van der Waals surface area contributed by atoms with E-state index in [1.165, 1.54) is 18.2 Å². The third-order valence-electron chi connectivity index (χ3n) is 4.45. The van der Waals surface area contributed by atoms with Crippen LogP contribution in [0, 0.1) is 17.1 Å². The minimum Gasteiger partial charge on any atom is -0.494 e. The molecule has 0 saturated carbocycles. The quantitative estimate of drug-likeness (QED) is 0.328. The molecule has 1 amide bonds. The Kier molecular flexibility index (Phi) is 7.58. The SMILES string of the molecule is CCOc1cc(/C=C(\C#N)C(=O)Nc2ccccc2)cc(Br)c1Cc1cccc(F)c1. The highest BCUT2D eigenvalue weighted by molar-refractivity contribution is 9.10. The highest BCUT2D eigenvalue weighted by Gasteiger charge is 2.14. The maximum atomic E-state index is 13.6. The monoisotopic (exact) mass is 478 g/mol. The number of benzene rings is 3. The van der Waals surface area contributed by atoms with Gasteiger partial charge in [0.05, 0.1) is 6.61 Å². The van der Waals surface area contributed by atoms with E-state index in [0.717, 1.165) is 15.6 Å². The molecule has 4 nitrogen and oxygen atoms in total. The number of halogens is 2. The van der Waals surface area contributed by atoms with Crippen molar-refractivity contribution >= 4 is 33.6 Å². The lowest BCUT2D eigenvalue weighted by molar-refractivity contribution is -0.112. The van der Waals surface area contributed by atoms with Gasteiger partial charge in [0, 0.05) is 22.1 Å². The Balaban J connectivity index is 1.91. The van der Waals surface area contributed by atoms with Gasteiger partial charge in [-0.15, -0.1) is 0 Å². The van der Waals surface area contributed by atoms with E-state index in [9.17, 15) is 14.4 Å². The molecule has 31 heavy (non-hydrogen) atoms.